The highest BCUT2D eigenvalue weighted by Crippen LogP contribution is 2.33. The average molecular weight is 509 g/mol. The fourth-order valence-electron chi connectivity index (χ4n) is 4.00. The molecule has 13 heteroatoms. The first kappa shape index (κ1) is 24.4. The first-order valence-electron chi connectivity index (χ1n) is 10.4. The molecule has 0 amide bonds. The monoisotopic (exact) mass is 508 g/mol. The lowest BCUT2D eigenvalue weighted by molar-refractivity contribution is -0.205. The van der Waals surface area contributed by atoms with E-state index in [4.69, 9.17) is 21.1 Å². The van der Waals surface area contributed by atoms with Crippen molar-refractivity contribution >= 4 is 21.6 Å². The predicted octanol–water partition coefficient (Wildman–Crippen LogP) is 2.63. The van der Waals surface area contributed by atoms with Crippen LogP contribution >= 0.6 is 11.6 Å². The molecule has 0 bridgehead atoms. The molecular weight excluding hydrogens is 485 g/mol. The van der Waals surface area contributed by atoms with Crippen LogP contribution in [0.1, 0.15) is 17.5 Å². The molecule has 2 saturated heterocycles. The van der Waals surface area contributed by atoms with E-state index in [0.717, 1.165) is 18.6 Å². The summed E-state index contributed by atoms with van der Waals surface area (Å²) in [6, 6.07) is 2.80. The van der Waals surface area contributed by atoms with Crippen LogP contribution in [0.3, 0.4) is 0 Å². The van der Waals surface area contributed by atoms with Crippen LogP contribution in [0.5, 0.6) is 0 Å². The molecule has 0 spiro atoms. The molecule has 2 aliphatic heterocycles. The van der Waals surface area contributed by atoms with Gasteiger partial charge >= 0.3 is 6.18 Å². The van der Waals surface area contributed by atoms with Gasteiger partial charge in [-0.2, -0.15) is 17.5 Å². The zero-order chi connectivity index (χ0) is 23.8. The Morgan fingerprint density at radius 2 is 1.97 bits per heavy atom. The summed E-state index contributed by atoms with van der Waals surface area (Å²) >= 11 is 6.08. The predicted molar refractivity (Wildman–Crippen MR) is 113 cm³/mol. The van der Waals surface area contributed by atoms with E-state index in [9.17, 15) is 21.6 Å². The van der Waals surface area contributed by atoms with Crippen molar-refractivity contribution in [2.24, 2.45) is 13.0 Å². The number of imidazole rings is 1. The van der Waals surface area contributed by atoms with Crippen molar-refractivity contribution in [3.8, 4) is 0 Å². The highest BCUT2D eigenvalue weighted by molar-refractivity contribution is 7.89. The van der Waals surface area contributed by atoms with Gasteiger partial charge in [0.2, 0.25) is 0 Å². The summed E-state index contributed by atoms with van der Waals surface area (Å²) in [5.41, 5.74) is -0.355. The van der Waals surface area contributed by atoms with Crippen molar-refractivity contribution in [2.45, 2.75) is 36.5 Å². The molecule has 2 aromatic rings. The molecule has 0 aliphatic carbocycles. The van der Waals surface area contributed by atoms with Gasteiger partial charge in [-0.25, -0.2) is 13.4 Å². The Bertz CT molecular complexity index is 1090. The molecule has 0 saturated carbocycles. The van der Waals surface area contributed by atoms with E-state index in [1.807, 2.05) is 0 Å². The Hall–Kier alpha value is -1.70. The Kier molecular flexibility index (Phi) is 7.04. The number of hydrogen-bond donors (Lipinski definition) is 1. The minimum atomic E-state index is -4.48. The summed E-state index contributed by atoms with van der Waals surface area (Å²) in [4.78, 5) is 3.97. The van der Waals surface area contributed by atoms with E-state index in [2.05, 4.69) is 10.3 Å². The van der Waals surface area contributed by atoms with Crippen molar-refractivity contribution in [3.05, 3.63) is 46.9 Å². The second-order valence-electron chi connectivity index (χ2n) is 8.12. The van der Waals surface area contributed by atoms with Crippen LogP contribution in [-0.2, 0) is 39.3 Å². The number of ether oxygens (including phenoxy) is 2. The van der Waals surface area contributed by atoms with Crippen LogP contribution in [0.2, 0.25) is 5.02 Å². The SMILES string of the molecule is Cn1cnc(S(=O)(=O)N2CC(NCc3ccc(C(F)(F)F)cc3Cl)C(C3OCCCO3)C2)c1. The summed E-state index contributed by atoms with van der Waals surface area (Å²) < 4.78 is 79.3. The third kappa shape index (κ3) is 5.36. The molecule has 1 aromatic heterocycles. The van der Waals surface area contributed by atoms with E-state index in [1.54, 1.807) is 11.6 Å². The molecule has 8 nitrogen and oxygen atoms in total. The Morgan fingerprint density at radius 3 is 2.58 bits per heavy atom. The quantitative estimate of drug-likeness (QED) is 0.645. The smallest absolute Gasteiger partial charge is 0.352 e. The fraction of sp³-hybridized carbons (Fsp3) is 0.550. The molecule has 2 unspecified atom stereocenters. The molecular formula is C20H24ClF3N4O4S. The van der Waals surface area contributed by atoms with Crippen LogP contribution < -0.4 is 5.32 Å². The highest BCUT2D eigenvalue weighted by atomic mass is 35.5. The van der Waals surface area contributed by atoms with Gasteiger partial charge in [0.15, 0.2) is 11.3 Å². The van der Waals surface area contributed by atoms with Crippen LogP contribution in [0.25, 0.3) is 0 Å². The first-order chi connectivity index (χ1) is 15.6. The topological polar surface area (TPSA) is 85.7 Å². The maximum atomic E-state index is 13.1. The number of aromatic nitrogens is 2. The zero-order valence-electron chi connectivity index (χ0n) is 17.8. The summed E-state index contributed by atoms with van der Waals surface area (Å²) in [5.74, 6) is -0.322. The molecule has 33 heavy (non-hydrogen) atoms. The number of alkyl halides is 3. The highest BCUT2D eigenvalue weighted by Gasteiger charge is 2.45. The number of nitrogens with zero attached hydrogens (tertiary/aromatic N) is 3. The molecule has 2 atom stereocenters. The van der Waals surface area contributed by atoms with E-state index in [1.165, 1.54) is 22.9 Å². The first-order valence-corrected chi connectivity index (χ1v) is 12.2. The lowest BCUT2D eigenvalue weighted by Crippen LogP contribution is -2.44. The number of nitrogens with one attached hydrogen (secondary N) is 1. The maximum Gasteiger partial charge on any atom is 0.416 e. The van der Waals surface area contributed by atoms with Crippen LogP contribution in [0, 0.1) is 5.92 Å². The number of hydrogen-bond acceptors (Lipinski definition) is 6. The van der Waals surface area contributed by atoms with Crippen molar-refractivity contribution in [1.82, 2.24) is 19.2 Å². The lowest BCUT2D eigenvalue weighted by Gasteiger charge is -2.31. The molecule has 1 N–H and O–H groups in total. The summed E-state index contributed by atoms with van der Waals surface area (Å²) in [6.45, 7) is 1.45. The number of halogens is 4. The van der Waals surface area contributed by atoms with Gasteiger partial charge in [0.1, 0.15) is 0 Å². The molecule has 2 aliphatic rings. The molecule has 1 aromatic carbocycles. The molecule has 0 radical (unpaired) electrons. The second-order valence-corrected chi connectivity index (χ2v) is 10.4. The Balaban J connectivity index is 1.52. The number of benzene rings is 1. The van der Waals surface area contributed by atoms with Crippen molar-refractivity contribution in [1.29, 1.82) is 0 Å². The van der Waals surface area contributed by atoms with E-state index >= 15 is 0 Å². The standard InChI is InChI=1S/C20H24ClF3N4O4S/c1-27-11-18(26-12-27)33(29,30)28-9-15(19-31-5-2-6-32-19)17(10-28)25-8-13-3-4-14(7-16(13)21)20(22,23)24/h3-4,7,11-12,15,17,19,25H,2,5-6,8-10H2,1H3. The largest absolute Gasteiger partial charge is 0.416 e. The zero-order valence-corrected chi connectivity index (χ0v) is 19.3. The van der Waals surface area contributed by atoms with Gasteiger partial charge in [0.05, 0.1) is 25.1 Å². The lowest BCUT2D eigenvalue weighted by atomic mass is 10.0. The second kappa shape index (κ2) is 9.51. The van der Waals surface area contributed by atoms with Gasteiger partial charge in [-0.15, -0.1) is 0 Å². The summed E-state index contributed by atoms with van der Waals surface area (Å²) in [5, 5.41) is 3.17. The third-order valence-electron chi connectivity index (χ3n) is 5.75. The van der Waals surface area contributed by atoms with Crippen molar-refractivity contribution in [2.75, 3.05) is 26.3 Å². The third-order valence-corrected chi connectivity index (χ3v) is 7.82. The molecule has 182 valence electrons. The summed E-state index contributed by atoms with van der Waals surface area (Å²) in [7, 11) is -2.16. The number of rotatable bonds is 6. The van der Waals surface area contributed by atoms with Gasteiger partial charge in [-0.3, -0.25) is 0 Å². The van der Waals surface area contributed by atoms with Gasteiger partial charge in [0.25, 0.3) is 10.0 Å². The number of sulfonamides is 1. The number of aryl methyl sites for hydroxylation is 1. The normalized spacial score (nSPS) is 23.3. The Labute approximate surface area is 194 Å². The van der Waals surface area contributed by atoms with Crippen molar-refractivity contribution < 1.29 is 31.1 Å². The summed E-state index contributed by atoms with van der Waals surface area (Å²) in [6.07, 6.45) is -1.49. The molecule has 3 heterocycles. The minimum Gasteiger partial charge on any atom is -0.352 e. The Morgan fingerprint density at radius 1 is 1.24 bits per heavy atom. The van der Waals surface area contributed by atoms with E-state index < -0.39 is 28.1 Å². The van der Waals surface area contributed by atoms with E-state index in [0.29, 0.717) is 18.8 Å². The van der Waals surface area contributed by atoms with Crippen LogP contribution in [0.15, 0.2) is 35.7 Å². The molecule has 4 rings (SSSR count). The van der Waals surface area contributed by atoms with Gasteiger partial charge in [-0.1, -0.05) is 17.7 Å². The van der Waals surface area contributed by atoms with Gasteiger partial charge in [-0.05, 0) is 24.1 Å². The van der Waals surface area contributed by atoms with Crippen molar-refractivity contribution in [3.63, 3.8) is 0 Å². The van der Waals surface area contributed by atoms with Crippen LogP contribution in [-0.4, -0.2) is 60.9 Å². The average Bonchev–Trinajstić information content (AvgIpc) is 3.40. The van der Waals surface area contributed by atoms with Crippen LogP contribution in [0.4, 0.5) is 13.2 Å². The van der Waals surface area contributed by atoms with Gasteiger partial charge in [0, 0.05) is 49.9 Å². The minimum absolute atomic E-state index is 0.0185. The maximum absolute atomic E-state index is 13.1. The molecule has 2 fully saturated rings. The fourth-order valence-corrected chi connectivity index (χ4v) is 5.71. The van der Waals surface area contributed by atoms with E-state index in [-0.39, 0.29) is 41.6 Å². The van der Waals surface area contributed by atoms with Gasteiger partial charge < -0.3 is 19.4 Å².